The van der Waals surface area contributed by atoms with Gasteiger partial charge in [0.2, 0.25) is 0 Å². The molecule has 3 aromatic carbocycles. The van der Waals surface area contributed by atoms with Crippen LogP contribution in [0.25, 0.3) is 5.69 Å². The Morgan fingerprint density at radius 3 is 2.42 bits per heavy atom. The molecule has 0 aliphatic heterocycles. The average Bonchev–Trinajstić information content (AvgIpc) is 3.31. The van der Waals surface area contributed by atoms with Crippen molar-refractivity contribution in [1.82, 2.24) is 9.78 Å². The van der Waals surface area contributed by atoms with Crippen LogP contribution >= 0.6 is 11.6 Å². The molecule has 10 heteroatoms. The van der Waals surface area contributed by atoms with Gasteiger partial charge in [0.25, 0.3) is 17.5 Å². The lowest BCUT2D eigenvalue weighted by molar-refractivity contribution is -0.384. The highest BCUT2D eigenvalue weighted by Crippen LogP contribution is 2.20. The Morgan fingerprint density at radius 2 is 1.67 bits per heavy atom. The lowest BCUT2D eigenvalue weighted by atomic mass is 10.1. The van der Waals surface area contributed by atoms with Crippen LogP contribution < -0.4 is 10.6 Å². The number of para-hydroxylation sites is 1. The van der Waals surface area contributed by atoms with Crippen LogP contribution in [0.3, 0.4) is 0 Å². The van der Waals surface area contributed by atoms with E-state index in [4.69, 9.17) is 11.6 Å². The normalized spacial score (nSPS) is 10.5. The molecule has 1 heterocycles. The number of aromatic nitrogens is 2. The number of nitro groups is 1. The number of anilines is 2. The summed E-state index contributed by atoms with van der Waals surface area (Å²) >= 11 is 5.87. The third-order valence-electron chi connectivity index (χ3n) is 4.65. The minimum absolute atomic E-state index is 0.0782. The number of nitro benzene ring substituents is 1. The smallest absolute Gasteiger partial charge is 0.276 e. The molecule has 2 amide bonds. The number of non-ortho nitro benzene ring substituents is 1. The summed E-state index contributed by atoms with van der Waals surface area (Å²) < 4.78 is 1.36. The Hall–Kier alpha value is -4.50. The Balaban J connectivity index is 1.52. The minimum Gasteiger partial charge on any atom is -0.322 e. The van der Waals surface area contributed by atoms with Crippen molar-refractivity contribution in [2.75, 3.05) is 10.6 Å². The molecule has 0 spiro atoms. The summed E-state index contributed by atoms with van der Waals surface area (Å²) in [4.78, 5) is 36.0. The maximum atomic E-state index is 12.8. The monoisotopic (exact) mass is 461 g/mol. The molecular weight excluding hydrogens is 446 g/mol. The number of hydrogen-bond donors (Lipinski definition) is 2. The van der Waals surface area contributed by atoms with E-state index in [0.29, 0.717) is 22.1 Å². The molecular formula is C23H16ClN5O4. The average molecular weight is 462 g/mol. The standard InChI is InChI=1S/C23H16ClN5O4/c24-15-8-10-16(11-9-15)25-22(30)19-6-1-2-7-20(19)26-23(31)21-12-13-28(27-21)17-4-3-5-18(14-17)29(32)33/h1-14H,(H,25,30)(H,26,31). The van der Waals surface area contributed by atoms with Gasteiger partial charge in [-0.05, 0) is 48.5 Å². The predicted octanol–water partition coefficient (Wildman–Crippen LogP) is 4.94. The van der Waals surface area contributed by atoms with Gasteiger partial charge in [0.15, 0.2) is 5.69 Å². The minimum atomic E-state index is -0.536. The maximum Gasteiger partial charge on any atom is 0.276 e. The van der Waals surface area contributed by atoms with Crippen LogP contribution in [0.4, 0.5) is 17.1 Å². The summed E-state index contributed by atoms with van der Waals surface area (Å²) in [5.41, 5.74) is 1.55. The molecule has 0 aliphatic carbocycles. The number of nitrogens with one attached hydrogen (secondary N) is 2. The lowest BCUT2D eigenvalue weighted by Crippen LogP contribution is -2.18. The van der Waals surface area contributed by atoms with Crippen LogP contribution in [0.15, 0.2) is 85.1 Å². The molecule has 0 radical (unpaired) electrons. The molecule has 0 aliphatic rings. The molecule has 0 saturated heterocycles. The highest BCUT2D eigenvalue weighted by atomic mass is 35.5. The van der Waals surface area contributed by atoms with E-state index in [1.165, 1.54) is 35.1 Å². The van der Waals surface area contributed by atoms with E-state index in [-0.39, 0.29) is 16.9 Å². The summed E-state index contributed by atoms with van der Waals surface area (Å²) in [6.07, 6.45) is 1.52. The zero-order valence-corrected chi connectivity index (χ0v) is 17.7. The zero-order valence-electron chi connectivity index (χ0n) is 16.9. The number of carbonyl (C=O) groups is 2. The number of halogens is 1. The molecule has 1 aromatic heterocycles. The largest absolute Gasteiger partial charge is 0.322 e. The van der Waals surface area contributed by atoms with Crippen LogP contribution in [0, 0.1) is 10.1 Å². The fraction of sp³-hybridized carbons (Fsp3) is 0. The SMILES string of the molecule is O=C(Nc1ccccc1C(=O)Nc1ccc(Cl)cc1)c1ccn(-c2cccc([N+](=O)[O-])c2)n1. The quantitative estimate of drug-likeness (QED) is 0.311. The number of benzene rings is 3. The van der Waals surface area contributed by atoms with E-state index >= 15 is 0 Å². The topological polar surface area (TPSA) is 119 Å². The summed E-state index contributed by atoms with van der Waals surface area (Å²) in [7, 11) is 0. The van der Waals surface area contributed by atoms with E-state index < -0.39 is 16.7 Å². The number of nitrogens with zero attached hydrogens (tertiary/aromatic N) is 3. The molecule has 9 nitrogen and oxygen atoms in total. The molecule has 0 saturated carbocycles. The summed E-state index contributed by atoms with van der Waals surface area (Å²) in [5, 5.41) is 21.2. The van der Waals surface area contributed by atoms with E-state index in [1.807, 2.05) is 0 Å². The van der Waals surface area contributed by atoms with Crippen LogP contribution in [-0.2, 0) is 0 Å². The molecule has 0 atom stereocenters. The highest BCUT2D eigenvalue weighted by Gasteiger charge is 2.17. The van der Waals surface area contributed by atoms with Gasteiger partial charge in [-0.3, -0.25) is 19.7 Å². The van der Waals surface area contributed by atoms with Gasteiger partial charge in [-0.25, -0.2) is 4.68 Å². The number of carbonyl (C=O) groups excluding carboxylic acids is 2. The van der Waals surface area contributed by atoms with Crippen molar-refractivity contribution in [2.45, 2.75) is 0 Å². The molecule has 4 aromatic rings. The third kappa shape index (κ3) is 5.05. The lowest BCUT2D eigenvalue weighted by Gasteiger charge is -2.11. The number of amides is 2. The molecule has 2 N–H and O–H groups in total. The van der Waals surface area contributed by atoms with Crippen molar-refractivity contribution in [2.24, 2.45) is 0 Å². The zero-order chi connectivity index (χ0) is 23.4. The van der Waals surface area contributed by atoms with Gasteiger partial charge in [0.05, 0.1) is 21.9 Å². The summed E-state index contributed by atoms with van der Waals surface area (Å²) in [5.74, 6) is -0.943. The first-order valence-electron chi connectivity index (χ1n) is 9.68. The molecule has 0 unspecified atom stereocenters. The predicted molar refractivity (Wildman–Crippen MR) is 124 cm³/mol. The maximum absolute atomic E-state index is 12.8. The van der Waals surface area contributed by atoms with Gasteiger partial charge in [-0.2, -0.15) is 5.10 Å². The molecule has 164 valence electrons. The van der Waals surface area contributed by atoms with Crippen molar-refractivity contribution in [3.8, 4) is 5.69 Å². The van der Waals surface area contributed by atoms with Gasteiger partial charge in [-0.1, -0.05) is 29.8 Å². The Kier molecular flexibility index (Phi) is 6.14. The number of hydrogen-bond acceptors (Lipinski definition) is 5. The van der Waals surface area contributed by atoms with Crippen molar-refractivity contribution < 1.29 is 14.5 Å². The van der Waals surface area contributed by atoms with E-state index in [9.17, 15) is 19.7 Å². The second kappa shape index (κ2) is 9.33. The Labute approximate surface area is 192 Å². The van der Waals surface area contributed by atoms with Crippen molar-refractivity contribution in [1.29, 1.82) is 0 Å². The summed E-state index contributed by atoms with van der Waals surface area (Å²) in [6.45, 7) is 0. The fourth-order valence-electron chi connectivity index (χ4n) is 3.05. The molecule has 0 fully saturated rings. The van der Waals surface area contributed by atoms with Gasteiger partial charge in [0.1, 0.15) is 0 Å². The molecule has 0 bridgehead atoms. The first-order valence-corrected chi connectivity index (χ1v) is 10.1. The Morgan fingerprint density at radius 1 is 0.909 bits per heavy atom. The molecule has 4 rings (SSSR count). The first-order chi connectivity index (χ1) is 15.9. The van der Waals surface area contributed by atoms with Crippen LogP contribution in [0.5, 0.6) is 0 Å². The van der Waals surface area contributed by atoms with Crippen LogP contribution in [0.1, 0.15) is 20.8 Å². The number of rotatable bonds is 6. The first kappa shape index (κ1) is 21.7. The van der Waals surface area contributed by atoms with E-state index in [0.717, 1.165) is 0 Å². The van der Waals surface area contributed by atoms with Gasteiger partial charge in [-0.15, -0.1) is 0 Å². The van der Waals surface area contributed by atoms with Gasteiger partial charge < -0.3 is 10.6 Å². The second-order valence-corrected chi connectivity index (χ2v) is 7.32. The highest BCUT2D eigenvalue weighted by molar-refractivity contribution is 6.30. The Bertz CT molecular complexity index is 1350. The van der Waals surface area contributed by atoms with Crippen LogP contribution in [-0.4, -0.2) is 26.5 Å². The van der Waals surface area contributed by atoms with Crippen molar-refractivity contribution in [3.05, 3.63) is 111 Å². The van der Waals surface area contributed by atoms with Gasteiger partial charge in [0, 0.05) is 29.0 Å². The van der Waals surface area contributed by atoms with Crippen molar-refractivity contribution >= 4 is 40.5 Å². The van der Waals surface area contributed by atoms with Gasteiger partial charge >= 0.3 is 0 Å². The van der Waals surface area contributed by atoms with Crippen molar-refractivity contribution in [3.63, 3.8) is 0 Å². The van der Waals surface area contributed by atoms with E-state index in [1.54, 1.807) is 54.6 Å². The third-order valence-corrected chi connectivity index (χ3v) is 4.90. The summed E-state index contributed by atoms with van der Waals surface area (Å²) in [6, 6.07) is 20.6. The second-order valence-electron chi connectivity index (χ2n) is 6.88. The fourth-order valence-corrected chi connectivity index (χ4v) is 3.17. The van der Waals surface area contributed by atoms with Crippen LogP contribution in [0.2, 0.25) is 5.02 Å². The molecule has 33 heavy (non-hydrogen) atoms. The van der Waals surface area contributed by atoms with E-state index in [2.05, 4.69) is 15.7 Å².